The lowest BCUT2D eigenvalue weighted by Crippen LogP contribution is -2.27. The molecule has 92 valence electrons. The van der Waals surface area contributed by atoms with Crippen LogP contribution in [0.3, 0.4) is 0 Å². The summed E-state index contributed by atoms with van der Waals surface area (Å²) >= 11 is 0. The van der Waals surface area contributed by atoms with E-state index in [1.165, 1.54) is 12.8 Å². The third kappa shape index (κ3) is 10.2. The molecule has 2 heteroatoms. The lowest BCUT2D eigenvalue weighted by atomic mass is 9.91. The van der Waals surface area contributed by atoms with Crippen molar-refractivity contribution in [1.29, 1.82) is 0 Å². The van der Waals surface area contributed by atoms with E-state index in [9.17, 15) is 0 Å². The zero-order valence-electron chi connectivity index (χ0n) is 11.3. The molecule has 0 heterocycles. The summed E-state index contributed by atoms with van der Waals surface area (Å²) < 4.78 is 5.62. The number of ether oxygens (including phenoxy) is 1. The first-order valence-corrected chi connectivity index (χ1v) is 6.29. The Balaban J connectivity index is 3.25. The van der Waals surface area contributed by atoms with E-state index in [0.717, 1.165) is 32.8 Å². The summed E-state index contributed by atoms with van der Waals surface area (Å²) in [6.45, 7) is 16.4. The molecule has 0 unspecified atom stereocenters. The molecule has 0 saturated carbocycles. The van der Waals surface area contributed by atoms with Gasteiger partial charge in [0.25, 0.3) is 0 Å². The second-order valence-electron chi connectivity index (χ2n) is 5.30. The minimum atomic E-state index is 0.447. The summed E-state index contributed by atoms with van der Waals surface area (Å²) in [7, 11) is 0. The van der Waals surface area contributed by atoms with Gasteiger partial charge in [-0.15, -0.1) is 0 Å². The minimum absolute atomic E-state index is 0.447. The maximum atomic E-state index is 5.62. The SMILES string of the molecule is CCN(CC)CCOCCCC(C)(C)C. The van der Waals surface area contributed by atoms with E-state index in [1.54, 1.807) is 0 Å². The summed E-state index contributed by atoms with van der Waals surface area (Å²) in [5, 5.41) is 0. The normalized spacial score (nSPS) is 12.4. The van der Waals surface area contributed by atoms with Crippen LogP contribution >= 0.6 is 0 Å². The van der Waals surface area contributed by atoms with E-state index in [-0.39, 0.29) is 0 Å². The maximum absolute atomic E-state index is 5.62. The number of hydrogen-bond donors (Lipinski definition) is 0. The summed E-state index contributed by atoms with van der Waals surface area (Å²) in [4.78, 5) is 2.39. The molecule has 2 nitrogen and oxygen atoms in total. The van der Waals surface area contributed by atoms with Crippen LogP contribution in [0, 0.1) is 5.41 Å². The first-order chi connectivity index (χ1) is 6.99. The third-order valence-corrected chi connectivity index (χ3v) is 2.66. The van der Waals surface area contributed by atoms with Crippen LogP contribution in [0.2, 0.25) is 0 Å². The Morgan fingerprint density at radius 2 is 1.60 bits per heavy atom. The zero-order chi connectivity index (χ0) is 11.7. The second kappa shape index (κ2) is 8.12. The standard InChI is InChI=1S/C13H29NO/c1-6-14(7-2)10-12-15-11-8-9-13(3,4)5/h6-12H2,1-5H3. The van der Waals surface area contributed by atoms with Crippen molar-refractivity contribution in [3.63, 3.8) is 0 Å². The summed E-state index contributed by atoms with van der Waals surface area (Å²) in [5.41, 5.74) is 0.447. The van der Waals surface area contributed by atoms with E-state index in [0.29, 0.717) is 5.41 Å². The highest BCUT2D eigenvalue weighted by atomic mass is 16.5. The van der Waals surface area contributed by atoms with Crippen molar-refractivity contribution in [3.05, 3.63) is 0 Å². The van der Waals surface area contributed by atoms with Gasteiger partial charge in [0.1, 0.15) is 0 Å². The molecule has 0 spiro atoms. The van der Waals surface area contributed by atoms with Gasteiger partial charge in [0.15, 0.2) is 0 Å². The Morgan fingerprint density at radius 1 is 1.00 bits per heavy atom. The van der Waals surface area contributed by atoms with Crippen LogP contribution in [0.5, 0.6) is 0 Å². The average molecular weight is 215 g/mol. The van der Waals surface area contributed by atoms with Gasteiger partial charge in [0.05, 0.1) is 6.61 Å². The molecule has 0 saturated heterocycles. The van der Waals surface area contributed by atoms with Crippen LogP contribution in [0.1, 0.15) is 47.5 Å². The van der Waals surface area contributed by atoms with Crippen molar-refractivity contribution >= 4 is 0 Å². The molecule has 0 atom stereocenters. The Kier molecular flexibility index (Phi) is 8.07. The van der Waals surface area contributed by atoms with E-state index in [2.05, 4.69) is 39.5 Å². The van der Waals surface area contributed by atoms with Gasteiger partial charge in [-0.2, -0.15) is 0 Å². The van der Waals surface area contributed by atoms with Crippen LogP contribution in [0.25, 0.3) is 0 Å². The zero-order valence-corrected chi connectivity index (χ0v) is 11.3. The molecule has 0 aliphatic rings. The second-order valence-corrected chi connectivity index (χ2v) is 5.30. The van der Waals surface area contributed by atoms with Gasteiger partial charge in [0, 0.05) is 13.2 Å². The Labute approximate surface area is 96.0 Å². The third-order valence-electron chi connectivity index (χ3n) is 2.66. The lowest BCUT2D eigenvalue weighted by molar-refractivity contribution is 0.0987. The Hall–Kier alpha value is -0.0800. The monoisotopic (exact) mass is 215 g/mol. The Bertz CT molecular complexity index is 136. The molecule has 0 amide bonds. The molecule has 0 fully saturated rings. The summed E-state index contributed by atoms with van der Waals surface area (Å²) in [5.74, 6) is 0. The van der Waals surface area contributed by atoms with E-state index < -0.39 is 0 Å². The number of likely N-dealkylation sites (N-methyl/N-ethyl adjacent to an activating group) is 1. The number of rotatable bonds is 8. The Morgan fingerprint density at radius 3 is 2.07 bits per heavy atom. The van der Waals surface area contributed by atoms with E-state index in [4.69, 9.17) is 4.74 Å². The molecule has 0 N–H and O–H groups in total. The van der Waals surface area contributed by atoms with Crippen LogP contribution in [0.4, 0.5) is 0 Å². The molecule has 0 aromatic rings. The van der Waals surface area contributed by atoms with Crippen molar-refractivity contribution in [2.45, 2.75) is 47.5 Å². The predicted octanol–water partition coefficient (Wildman–Crippen LogP) is 3.17. The van der Waals surface area contributed by atoms with Crippen molar-refractivity contribution < 1.29 is 4.74 Å². The van der Waals surface area contributed by atoms with Crippen molar-refractivity contribution in [2.75, 3.05) is 32.8 Å². The van der Waals surface area contributed by atoms with Gasteiger partial charge < -0.3 is 9.64 Å². The van der Waals surface area contributed by atoms with Crippen LogP contribution in [-0.2, 0) is 4.74 Å². The molecule has 0 aliphatic heterocycles. The molecule has 15 heavy (non-hydrogen) atoms. The van der Waals surface area contributed by atoms with Crippen molar-refractivity contribution in [3.8, 4) is 0 Å². The van der Waals surface area contributed by atoms with Crippen LogP contribution in [-0.4, -0.2) is 37.7 Å². The van der Waals surface area contributed by atoms with Gasteiger partial charge in [-0.05, 0) is 31.3 Å². The molecular weight excluding hydrogens is 186 g/mol. The quantitative estimate of drug-likeness (QED) is 0.577. The lowest BCUT2D eigenvalue weighted by Gasteiger charge is -2.19. The summed E-state index contributed by atoms with van der Waals surface area (Å²) in [6.07, 6.45) is 2.43. The van der Waals surface area contributed by atoms with E-state index in [1.807, 2.05) is 0 Å². The molecular formula is C13H29NO. The summed E-state index contributed by atoms with van der Waals surface area (Å²) in [6, 6.07) is 0. The first kappa shape index (κ1) is 14.9. The fourth-order valence-corrected chi connectivity index (χ4v) is 1.54. The molecule has 0 radical (unpaired) electrons. The fourth-order valence-electron chi connectivity index (χ4n) is 1.54. The highest BCUT2D eigenvalue weighted by Crippen LogP contribution is 2.20. The molecule has 0 aromatic carbocycles. The van der Waals surface area contributed by atoms with Gasteiger partial charge >= 0.3 is 0 Å². The van der Waals surface area contributed by atoms with Gasteiger partial charge in [-0.3, -0.25) is 0 Å². The molecule has 0 aliphatic carbocycles. The van der Waals surface area contributed by atoms with Gasteiger partial charge in [-0.25, -0.2) is 0 Å². The van der Waals surface area contributed by atoms with Gasteiger partial charge in [0.2, 0.25) is 0 Å². The van der Waals surface area contributed by atoms with Crippen molar-refractivity contribution in [1.82, 2.24) is 4.90 Å². The maximum Gasteiger partial charge on any atom is 0.0593 e. The van der Waals surface area contributed by atoms with Crippen LogP contribution < -0.4 is 0 Å². The van der Waals surface area contributed by atoms with E-state index >= 15 is 0 Å². The topological polar surface area (TPSA) is 12.5 Å². The van der Waals surface area contributed by atoms with Crippen LogP contribution in [0.15, 0.2) is 0 Å². The number of hydrogen-bond acceptors (Lipinski definition) is 2. The minimum Gasteiger partial charge on any atom is -0.380 e. The fraction of sp³-hybridized carbons (Fsp3) is 1.00. The predicted molar refractivity (Wildman–Crippen MR) is 67.3 cm³/mol. The molecule has 0 rings (SSSR count). The smallest absolute Gasteiger partial charge is 0.0593 e. The highest BCUT2D eigenvalue weighted by molar-refractivity contribution is 4.60. The molecule has 0 aromatic heterocycles. The largest absolute Gasteiger partial charge is 0.380 e. The highest BCUT2D eigenvalue weighted by Gasteiger charge is 2.08. The van der Waals surface area contributed by atoms with Crippen molar-refractivity contribution in [2.24, 2.45) is 5.41 Å². The van der Waals surface area contributed by atoms with Gasteiger partial charge in [-0.1, -0.05) is 34.6 Å². The number of nitrogens with zero attached hydrogens (tertiary/aromatic N) is 1. The average Bonchev–Trinajstić information content (AvgIpc) is 2.15. The molecule has 0 bridgehead atoms. The first-order valence-electron chi connectivity index (χ1n) is 6.29.